The lowest BCUT2D eigenvalue weighted by molar-refractivity contribution is -0.140. The van der Waals surface area contributed by atoms with Crippen molar-refractivity contribution in [1.82, 2.24) is 10.2 Å². The number of carbonyl (C=O) groups excluding carboxylic acids is 2. The predicted molar refractivity (Wildman–Crippen MR) is 124 cm³/mol. The molecular formula is C23H27Cl3N2O2. The van der Waals surface area contributed by atoms with Crippen molar-refractivity contribution < 1.29 is 9.59 Å². The van der Waals surface area contributed by atoms with Crippen molar-refractivity contribution in [3.05, 3.63) is 68.7 Å². The number of hydrogen-bond donors (Lipinski definition) is 1. The Morgan fingerprint density at radius 3 is 2.17 bits per heavy atom. The maximum Gasteiger partial charge on any atom is 0.242 e. The molecule has 0 unspecified atom stereocenters. The predicted octanol–water partition coefficient (Wildman–Crippen LogP) is 5.91. The standard InChI is InChI=1S/C23H27Cl3N2O2/c1-4-15(2)27-23(30)16(3)28(14-18-20(25)10-7-11-21(18)26)22(29)13-12-17-8-5-6-9-19(17)24/h5-11,15-16H,4,12-14H2,1-3H3,(H,27,30)/t15-,16+/m1/s1. The van der Waals surface area contributed by atoms with Gasteiger partial charge in [0.2, 0.25) is 11.8 Å². The van der Waals surface area contributed by atoms with Gasteiger partial charge in [-0.15, -0.1) is 0 Å². The summed E-state index contributed by atoms with van der Waals surface area (Å²) in [6.07, 6.45) is 1.49. The Bertz CT molecular complexity index is 868. The van der Waals surface area contributed by atoms with E-state index >= 15 is 0 Å². The SMILES string of the molecule is CC[C@@H](C)NC(=O)[C@H](C)N(Cc1c(Cl)cccc1Cl)C(=O)CCc1ccccc1Cl. The van der Waals surface area contributed by atoms with Crippen LogP contribution in [0.3, 0.4) is 0 Å². The maximum absolute atomic E-state index is 13.2. The van der Waals surface area contributed by atoms with E-state index in [1.165, 1.54) is 4.90 Å². The Hall–Kier alpha value is -1.75. The lowest BCUT2D eigenvalue weighted by atomic mass is 10.1. The Kier molecular flexibility index (Phi) is 9.47. The number of nitrogens with zero attached hydrogens (tertiary/aromatic N) is 1. The van der Waals surface area contributed by atoms with Gasteiger partial charge in [0.1, 0.15) is 6.04 Å². The molecule has 0 fully saturated rings. The van der Waals surface area contributed by atoms with Crippen LogP contribution in [0.5, 0.6) is 0 Å². The van der Waals surface area contributed by atoms with Crippen molar-refractivity contribution in [2.45, 2.75) is 58.7 Å². The summed E-state index contributed by atoms with van der Waals surface area (Å²) in [7, 11) is 0. The van der Waals surface area contributed by atoms with E-state index in [0.29, 0.717) is 27.1 Å². The summed E-state index contributed by atoms with van der Waals surface area (Å²) in [4.78, 5) is 27.5. The van der Waals surface area contributed by atoms with Gasteiger partial charge in [0.25, 0.3) is 0 Å². The molecule has 0 bridgehead atoms. The number of hydrogen-bond acceptors (Lipinski definition) is 2. The van der Waals surface area contributed by atoms with Gasteiger partial charge in [-0.3, -0.25) is 9.59 Å². The van der Waals surface area contributed by atoms with Crippen molar-refractivity contribution in [3.8, 4) is 0 Å². The topological polar surface area (TPSA) is 49.4 Å². The van der Waals surface area contributed by atoms with Gasteiger partial charge in [-0.25, -0.2) is 0 Å². The largest absolute Gasteiger partial charge is 0.352 e. The van der Waals surface area contributed by atoms with E-state index in [9.17, 15) is 9.59 Å². The molecule has 0 spiro atoms. The summed E-state index contributed by atoms with van der Waals surface area (Å²) in [5, 5.41) is 4.48. The molecular weight excluding hydrogens is 443 g/mol. The van der Waals surface area contributed by atoms with Crippen LogP contribution in [0.25, 0.3) is 0 Å². The van der Waals surface area contributed by atoms with Gasteiger partial charge in [-0.2, -0.15) is 0 Å². The molecule has 30 heavy (non-hydrogen) atoms. The lowest BCUT2D eigenvalue weighted by Gasteiger charge is -2.30. The highest BCUT2D eigenvalue weighted by Crippen LogP contribution is 2.27. The van der Waals surface area contributed by atoms with Crippen LogP contribution in [-0.2, 0) is 22.6 Å². The van der Waals surface area contributed by atoms with Crippen molar-refractivity contribution in [1.29, 1.82) is 0 Å². The first kappa shape index (κ1) is 24.5. The zero-order valence-corrected chi connectivity index (χ0v) is 19.7. The molecule has 2 amide bonds. The molecule has 2 aromatic carbocycles. The van der Waals surface area contributed by atoms with Crippen molar-refractivity contribution >= 4 is 46.6 Å². The van der Waals surface area contributed by atoms with E-state index in [1.807, 2.05) is 32.0 Å². The molecule has 4 nitrogen and oxygen atoms in total. The highest BCUT2D eigenvalue weighted by atomic mass is 35.5. The number of aryl methyl sites for hydroxylation is 1. The van der Waals surface area contributed by atoms with Crippen LogP contribution in [-0.4, -0.2) is 28.8 Å². The van der Waals surface area contributed by atoms with Crippen molar-refractivity contribution in [3.63, 3.8) is 0 Å². The molecule has 0 radical (unpaired) electrons. The minimum absolute atomic E-state index is 0.0175. The Morgan fingerprint density at radius 2 is 1.57 bits per heavy atom. The second-order valence-corrected chi connectivity index (χ2v) is 8.53. The summed E-state index contributed by atoms with van der Waals surface area (Å²) < 4.78 is 0. The molecule has 2 aromatic rings. The van der Waals surface area contributed by atoms with Crippen LogP contribution < -0.4 is 5.32 Å². The smallest absolute Gasteiger partial charge is 0.242 e. The zero-order valence-electron chi connectivity index (χ0n) is 17.4. The van der Waals surface area contributed by atoms with Crippen LogP contribution in [0.4, 0.5) is 0 Å². The summed E-state index contributed by atoms with van der Waals surface area (Å²) in [6, 6.07) is 12.0. The number of carbonyl (C=O) groups is 2. The monoisotopic (exact) mass is 468 g/mol. The van der Waals surface area contributed by atoms with Crippen LogP contribution in [0, 0.1) is 0 Å². The Labute approximate surface area is 193 Å². The molecule has 0 saturated carbocycles. The number of halogens is 3. The van der Waals surface area contributed by atoms with Crippen molar-refractivity contribution in [2.24, 2.45) is 0 Å². The molecule has 7 heteroatoms. The second kappa shape index (κ2) is 11.6. The van der Waals surface area contributed by atoms with Crippen LogP contribution >= 0.6 is 34.8 Å². The molecule has 0 aliphatic heterocycles. The quantitative estimate of drug-likeness (QED) is 0.496. The third-order valence-corrected chi connectivity index (χ3v) is 6.20. The molecule has 0 saturated heterocycles. The fourth-order valence-corrected chi connectivity index (χ4v) is 3.74. The Balaban J connectivity index is 2.24. The van der Waals surface area contributed by atoms with E-state index in [2.05, 4.69) is 5.32 Å². The zero-order chi connectivity index (χ0) is 22.3. The average Bonchev–Trinajstić information content (AvgIpc) is 2.72. The third-order valence-electron chi connectivity index (χ3n) is 5.12. The van der Waals surface area contributed by atoms with Gasteiger partial charge in [0.15, 0.2) is 0 Å². The molecule has 0 aliphatic carbocycles. The van der Waals surface area contributed by atoms with Gasteiger partial charge in [0.05, 0.1) is 0 Å². The molecule has 2 rings (SSSR count). The van der Waals surface area contributed by atoms with Crippen LogP contribution in [0.2, 0.25) is 15.1 Å². The van der Waals surface area contributed by atoms with Crippen LogP contribution in [0.1, 0.15) is 44.7 Å². The molecule has 2 atom stereocenters. The summed E-state index contributed by atoms with van der Waals surface area (Å²) in [6.45, 7) is 5.79. The van der Waals surface area contributed by atoms with Gasteiger partial charge in [-0.1, -0.05) is 66.0 Å². The van der Waals surface area contributed by atoms with E-state index in [0.717, 1.165) is 12.0 Å². The number of rotatable bonds is 9. The fourth-order valence-electron chi connectivity index (χ4n) is 2.99. The normalized spacial score (nSPS) is 12.9. The first-order valence-corrected chi connectivity index (χ1v) is 11.1. The van der Waals surface area contributed by atoms with Crippen LogP contribution in [0.15, 0.2) is 42.5 Å². The highest BCUT2D eigenvalue weighted by molar-refractivity contribution is 6.36. The molecule has 0 heterocycles. The van der Waals surface area contributed by atoms with E-state index in [-0.39, 0.29) is 30.8 Å². The van der Waals surface area contributed by atoms with E-state index < -0.39 is 6.04 Å². The molecule has 162 valence electrons. The summed E-state index contributed by atoms with van der Waals surface area (Å²) in [5.74, 6) is -0.378. The summed E-state index contributed by atoms with van der Waals surface area (Å²) >= 11 is 18.9. The first-order valence-electron chi connectivity index (χ1n) is 10.0. The average molecular weight is 470 g/mol. The number of benzene rings is 2. The van der Waals surface area contributed by atoms with Gasteiger partial charge >= 0.3 is 0 Å². The van der Waals surface area contributed by atoms with E-state index in [1.54, 1.807) is 31.2 Å². The highest BCUT2D eigenvalue weighted by Gasteiger charge is 2.28. The minimum Gasteiger partial charge on any atom is -0.352 e. The van der Waals surface area contributed by atoms with Gasteiger partial charge < -0.3 is 10.2 Å². The summed E-state index contributed by atoms with van der Waals surface area (Å²) in [5.41, 5.74) is 1.51. The first-order chi connectivity index (χ1) is 14.2. The number of nitrogens with one attached hydrogen (secondary N) is 1. The third kappa shape index (κ3) is 6.63. The van der Waals surface area contributed by atoms with Gasteiger partial charge in [-0.05, 0) is 50.5 Å². The number of amides is 2. The minimum atomic E-state index is -0.676. The second-order valence-electron chi connectivity index (χ2n) is 7.31. The van der Waals surface area contributed by atoms with Gasteiger partial charge in [0, 0.05) is 39.6 Å². The molecule has 0 aliphatic rings. The van der Waals surface area contributed by atoms with Crippen molar-refractivity contribution in [2.75, 3.05) is 0 Å². The fraction of sp³-hybridized carbons (Fsp3) is 0.391. The van der Waals surface area contributed by atoms with E-state index in [4.69, 9.17) is 34.8 Å². The molecule has 1 N–H and O–H groups in total. The lowest BCUT2D eigenvalue weighted by Crippen LogP contribution is -2.49. The molecule has 0 aromatic heterocycles. The maximum atomic E-state index is 13.2. The Morgan fingerprint density at radius 1 is 0.967 bits per heavy atom.